The Morgan fingerprint density at radius 1 is 1.06 bits per heavy atom. The van der Waals surface area contributed by atoms with Gasteiger partial charge in [-0.2, -0.15) is 0 Å². The number of nitrogens with one attached hydrogen (secondary N) is 1. The van der Waals surface area contributed by atoms with Crippen molar-refractivity contribution in [2.45, 2.75) is 43.7 Å². The molecule has 2 rings (SSSR count). The third-order valence-electron chi connectivity index (χ3n) is 3.88. The topological polar surface area (TPSA) is 52.5 Å². The molecule has 0 heterocycles. The minimum atomic E-state index is -0.195. The molecular weight excluding hydrogens is 226 g/mol. The van der Waals surface area contributed by atoms with Crippen LogP contribution in [0.3, 0.4) is 0 Å². The maximum Gasteiger partial charge on any atom is 0.0607 e. The zero-order valence-electron chi connectivity index (χ0n) is 10.8. The Kier molecular flexibility index (Phi) is 5.17. The van der Waals surface area contributed by atoms with Crippen molar-refractivity contribution in [2.75, 3.05) is 13.2 Å². The normalized spacial score (nSPS) is 24.4. The van der Waals surface area contributed by atoms with Crippen LogP contribution in [0.4, 0.5) is 0 Å². The van der Waals surface area contributed by atoms with Gasteiger partial charge in [0, 0.05) is 6.04 Å². The van der Waals surface area contributed by atoms with Gasteiger partial charge in [-0.1, -0.05) is 43.2 Å². The smallest absolute Gasteiger partial charge is 0.0607 e. The molecule has 100 valence electrons. The van der Waals surface area contributed by atoms with Gasteiger partial charge in [-0.25, -0.2) is 0 Å². The summed E-state index contributed by atoms with van der Waals surface area (Å²) in [5.41, 5.74) is 1.37. The fourth-order valence-electron chi connectivity index (χ4n) is 2.90. The Bertz CT molecular complexity index is 338. The van der Waals surface area contributed by atoms with Gasteiger partial charge < -0.3 is 15.5 Å². The quantitative estimate of drug-likeness (QED) is 0.744. The SMILES string of the molecule is OCC(CO)NC1CCCCC1c1ccccc1. The fraction of sp³-hybridized carbons (Fsp3) is 0.600. The molecule has 0 aliphatic heterocycles. The van der Waals surface area contributed by atoms with Gasteiger partial charge in [-0.15, -0.1) is 0 Å². The highest BCUT2D eigenvalue weighted by Crippen LogP contribution is 2.33. The van der Waals surface area contributed by atoms with Crippen LogP contribution >= 0.6 is 0 Å². The number of aliphatic hydroxyl groups excluding tert-OH is 2. The monoisotopic (exact) mass is 249 g/mol. The Labute approximate surface area is 109 Å². The zero-order chi connectivity index (χ0) is 12.8. The van der Waals surface area contributed by atoms with Crippen LogP contribution in [0.25, 0.3) is 0 Å². The number of benzene rings is 1. The molecule has 2 unspecified atom stereocenters. The second-order valence-electron chi connectivity index (χ2n) is 5.14. The van der Waals surface area contributed by atoms with Gasteiger partial charge in [-0.05, 0) is 24.3 Å². The molecule has 0 radical (unpaired) electrons. The van der Waals surface area contributed by atoms with Crippen molar-refractivity contribution in [3.05, 3.63) is 35.9 Å². The number of aliphatic hydroxyl groups is 2. The highest BCUT2D eigenvalue weighted by molar-refractivity contribution is 5.22. The van der Waals surface area contributed by atoms with E-state index in [1.807, 2.05) is 6.07 Å². The van der Waals surface area contributed by atoms with E-state index < -0.39 is 0 Å². The summed E-state index contributed by atoms with van der Waals surface area (Å²) < 4.78 is 0. The highest BCUT2D eigenvalue weighted by atomic mass is 16.3. The molecule has 18 heavy (non-hydrogen) atoms. The molecule has 0 amide bonds. The van der Waals surface area contributed by atoms with E-state index in [1.165, 1.54) is 24.8 Å². The Balaban J connectivity index is 2.06. The van der Waals surface area contributed by atoms with Gasteiger partial charge in [-0.3, -0.25) is 0 Å². The van der Waals surface area contributed by atoms with E-state index in [2.05, 4.69) is 29.6 Å². The van der Waals surface area contributed by atoms with E-state index in [-0.39, 0.29) is 19.3 Å². The number of hydrogen-bond donors (Lipinski definition) is 3. The van der Waals surface area contributed by atoms with Crippen LogP contribution in [0.1, 0.15) is 37.2 Å². The van der Waals surface area contributed by atoms with Gasteiger partial charge in [0.05, 0.1) is 19.3 Å². The van der Waals surface area contributed by atoms with Crippen molar-refractivity contribution in [1.82, 2.24) is 5.32 Å². The molecule has 0 aromatic heterocycles. The van der Waals surface area contributed by atoms with Crippen molar-refractivity contribution >= 4 is 0 Å². The molecule has 1 aliphatic rings. The largest absolute Gasteiger partial charge is 0.395 e. The van der Waals surface area contributed by atoms with Crippen molar-refractivity contribution < 1.29 is 10.2 Å². The van der Waals surface area contributed by atoms with Crippen molar-refractivity contribution in [3.63, 3.8) is 0 Å². The lowest BCUT2D eigenvalue weighted by atomic mass is 9.79. The molecule has 1 aromatic carbocycles. The predicted octanol–water partition coefficient (Wildman–Crippen LogP) is 1.66. The summed E-state index contributed by atoms with van der Waals surface area (Å²) in [6, 6.07) is 10.7. The molecule has 1 fully saturated rings. The first-order valence-electron chi connectivity index (χ1n) is 6.88. The summed E-state index contributed by atoms with van der Waals surface area (Å²) in [7, 11) is 0. The van der Waals surface area contributed by atoms with Crippen LogP contribution in [-0.2, 0) is 0 Å². The second kappa shape index (κ2) is 6.88. The molecular formula is C15H23NO2. The van der Waals surface area contributed by atoms with Crippen LogP contribution in [0, 0.1) is 0 Å². The molecule has 1 saturated carbocycles. The maximum absolute atomic E-state index is 9.19. The third kappa shape index (κ3) is 3.31. The molecule has 3 N–H and O–H groups in total. The van der Waals surface area contributed by atoms with E-state index in [4.69, 9.17) is 0 Å². The fourth-order valence-corrected chi connectivity index (χ4v) is 2.90. The average molecular weight is 249 g/mol. The summed E-state index contributed by atoms with van der Waals surface area (Å²) in [6.07, 6.45) is 4.80. The van der Waals surface area contributed by atoms with Gasteiger partial charge >= 0.3 is 0 Å². The zero-order valence-corrected chi connectivity index (χ0v) is 10.8. The first kappa shape index (κ1) is 13.5. The minimum Gasteiger partial charge on any atom is -0.395 e. The maximum atomic E-state index is 9.19. The van der Waals surface area contributed by atoms with Crippen LogP contribution in [0.2, 0.25) is 0 Å². The van der Waals surface area contributed by atoms with Crippen molar-refractivity contribution in [1.29, 1.82) is 0 Å². The van der Waals surface area contributed by atoms with Crippen LogP contribution in [-0.4, -0.2) is 35.5 Å². The number of hydrogen-bond acceptors (Lipinski definition) is 3. The van der Waals surface area contributed by atoms with Crippen LogP contribution in [0.15, 0.2) is 30.3 Å². The van der Waals surface area contributed by atoms with E-state index in [0.717, 1.165) is 6.42 Å². The highest BCUT2D eigenvalue weighted by Gasteiger charge is 2.27. The Morgan fingerprint density at radius 3 is 2.39 bits per heavy atom. The molecule has 0 saturated heterocycles. The molecule has 0 bridgehead atoms. The molecule has 1 aromatic rings. The molecule has 2 atom stereocenters. The molecule has 3 heteroatoms. The summed E-state index contributed by atoms with van der Waals surface area (Å²) in [6.45, 7) is -0.0109. The molecule has 3 nitrogen and oxygen atoms in total. The lowest BCUT2D eigenvalue weighted by molar-refractivity contribution is 0.150. The predicted molar refractivity (Wildman–Crippen MR) is 72.5 cm³/mol. The lowest BCUT2D eigenvalue weighted by Crippen LogP contribution is -2.46. The van der Waals surface area contributed by atoms with Crippen molar-refractivity contribution in [2.24, 2.45) is 0 Å². The van der Waals surface area contributed by atoms with Gasteiger partial charge in [0.1, 0.15) is 0 Å². The first-order valence-corrected chi connectivity index (χ1v) is 6.88. The second-order valence-corrected chi connectivity index (χ2v) is 5.14. The van der Waals surface area contributed by atoms with Gasteiger partial charge in [0.2, 0.25) is 0 Å². The average Bonchev–Trinajstić information content (AvgIpc) is 2.46. The first-order chi connectivity index (χ1) is 8.85. The van der Waals surface area contributed by atoms with Gasteiger partial charge in [0.25, 0.3) is 0 Å². The summed E-state index contributed by atoms with van der Waals surface area (Å²) in [5, 5.41) is 21.8. The van der Waals surface area contributed by atoms with E-state index >= 15 is 0 Å². The van der Waals surface area contributed by atoms with Crippen molar-refractivity contribution in [3.8, 4) is 0 Å². The lowest BCUT2D eigenvalue weighted by Gasteiger charge is -2.34. The van der Waals surface area contributed by atoms with Crippen LogP contribution in [0.5, 0.6) is 0 Å². The Hall–Kier alpha value is -0.900. The summed E-state index contributed by atoms with van der Waals surface area (Å²) in [4.78, 5) is 0. The minimum absolute atomic E-state index is 0.00545. The Morgan fingerprint density at radius 2 is 1.72 bits per heavy atom. The van der Waals surface area contributed by atoms with E-state index in [9.17, 15) is 10.2 Å². The standard InChI is InChI=1S/C15H23NO2/c17-10-13(11-18)16-15-9-5-4-8-14(15)12-6-2-1-3-7-12/h1-3,6-7,13-18H,4-5,8-11H2. The summed E-state index contributed by atoms with van der Waals surface area (Å²) >= 11 is 0. The van der Waals surface area contributed by atoms with E-state index in [0.29, 0.717) is 12.0 Å². The molecule has 0 spiro atoms. The summed E-state index contributed by atoms with van der Waals surface area (Å²) in [5.74, 6) is 0.501. The third-order valence-corrected chi connectivity index (χ3v) is 3.88. The van der Waals surface area contributed by atoms with E-state index in [1.54, 1.807) is 0 Å². The molecule has 1 aliphatic carbocycles. The van der Waals surface area contributed by atoms with Gasteiger partial charge in [0.15, 0.2) is 0 Å². The van der Waals surface area contributed by atoms with Crippen LogP contribution < -0.4 is 5.32 Å². The number of rotatable bonds is 5.